The van der Waals surface area contributed by atoms with E-state index >= 15 is 8.78 Å². The highest BCUT2D eigenvalue weighted by molar-refractivity contribution is 5.65. The highest BCUT2D eigenvalue weighted by atomic mass is 19.2. The van der Waals surface area contributed by atoms with Crippen LogP contribution in [-0.2, 0) is 11.3 Å². The molecule has 0 saturated heterocycles. The zero-order valence-corrected chi connectivity index (χ0v) is 23.3. The van der Waals surface area contributed by atoms with Gasteiger partial charge < -0.3 is 14.2 Å². The average molecular weight is 559 g/mol. The molecule has 0 aliphatic heterocycles. The molecule has 1 aliphatic rings. The summed E-state index contributed by atoms with van der Waals surface area (Å²) in [6.07, 6.45) is 7.23. The van der Waals surface area contributed by atoms with Crippen molar-refractivity contribution in [1.29, 1.82) is 0 Å². The lowest BCUT2D eigenvalue weighted by atomic mass is 9.82. The molecule has 0 spiro atoms. The highest BCUT2D eigenvalue weighted by Crippen LogP contribution is 2.38. The van der Waals surface area contributed by atoms with E-state index in [0.29, 0.717) is 23.3 Å². The van der Waals surface area contributed by atoms with Gasteiger partial charge in [0, 0.05) is 12.2 Å². The van der Waals surface area contributed by atoms with E-state index in [0.717, 1.165) is 58.0 Å². The molecule has 3 aromatic carbocycles. The van der Waals surface area contributed by atoms with Gasteiger partial charge in [-0.2, -0.15) is 8.78 Å². The largest absolute Gasteiger partial charge is 0.490 e. The molecule has 3 nitrogen and oxygen atoms in total. The summed E-state index contributed by atoms with van der Waals surface area (Å²) in [6, 6.07) is 12.7. The van der Waals surface area contributed by atoms with Crippen molar-refractivity contribution in [3.63, 3.8) is 0 Å². The number of hydrogen-bond donors (Lipinski definition) is 0. The number of ether oxygens (including phenoxy) is 3. The van der Waals surface area contributed by atoms with Crippen LogP contribution in [-0.4, -0.2) is 19.3 Å². The summed E-state index contributed by atoms with van der Waals surface area (Å²) in [6.45, 7) is 5.15. The van der Waals surface area contributed by atoms with E-state index in [4.69, 9.17) is 14.2 Å². The zero-order valence-electron chi connectivity index (χ0n) is 23.3. The van der Waals surface area contributed by atoms with E-state index in [9.17, 15) is 8.78 Å². The first-order valence-corrected chi connectivity index (χ1v) is 14.3. The molecule has 0 atom stereocenters. The zero-order chi connectivity index (χ0) is 28.5. The average Bonchev–Trinajstić information content (AvgIpc) is 2.97. The number of hydrogen-bond acceptors (Lipinski definition) is 3. The summed E-state index contributed by atoms with van der Waals surface area (Å²) in [5.41, 5.74) is 1.79. The molecule has 0 N–H and O–H groups in total. The molecule has 1 fully saturated rings. The molecule has 40 heavy (non-hydrogen) atoms. The van der Waals surface area contributed by atoms with Crippen molar-refractivity contribution in [2.45, 2.75) is 83.8 Å². The monoisotopic (exact) mass is 558 g/mol. The van der Waals surface area contributed by atoms with Gasteiger partial charge in [0.15, 0.2) is 23.1 Å². The van der Waals surface area contributed by atoms with Crippen LogP contribution in [0.15, 0.2) is 48.5 Å². The van der Waals surface area contributed by atoms with Crippen LogP contribution >= 0.6 is 0 Å². The van der Waals surface area contributed by atoms with Crippen molar-refractivity contribution in [3.05, 3.63) is 82.9 Å². The molecule has 0 aromatic heterocycles. The molecule has 1 saturated carbocycles. The van der Waals surface area contributed by atoms with E-state index in [1.165, 1.54) is 12.1 Å². The minimum absolute atomic E-state index is 0.0173. The van der Waals surface area contributed by atoms with Crippen molar-refractivity contribution in [2.75, 3.05) is 13.2 Å². The van der Waals surface area contributed by atoms with Crippen molar-refractivity contribution >= 4 is 0 Å². The lowest BCUT2D eigenvalue weighted by Crippen LogP contribution is -2.22. The first-order valence-electron chi connectivity index (χ1n) is 14.3. The summed E-state index contributed by atoms with van der Waals surface area (Å²) in [7, 11) is 0. The van der Waals surface area contributed by atoms with Crippen LogP contribution < -0.4 is 9.47 Å². The van der Waals surface area contributed by atoms with Gasteiger partial charge in [-0.15, -0.1) is 0 Å². The predicted molar refractivity (Wildman–Crippen MR) is 149 cm³/mol. The molecule has 0 bridgehead atoms. The predicted octanol–water partition coefficient (Wildman–Crippen LogP) is 9.51. The summed E-state index contributed by atoms with van der Waals surface area (Å²) in [5, 5.41) is 0. The first-order chi connectivity index (χ1) is 19.4. The van der Waals surface area contributed by atoms with Gasteiger partial charge in [-0.1, -0.05) is 63.1 Å². The Bertz CT molecular complexity index is 1240. The maximum atomic E-state index is 15.2. The Morgan fingerprint density at radius 1 is 0.650 bits per heavy atom. The third-order valence-corrected chi connectivity index (χ3v) is 7.50. The maximum Gasteiger partial charge on any atom is 0.204 e. The van der Waals surface area contributed by atoms with Crippen molar-refractivity contribution in [3.8, 4) is 22.6 Å². The van der Waals surface area contributed by atoms with Crippen LogP contribution in [0, 0.1) is 23.3 Å². The van der Waals surface area contributed by atoms with E-state index < -0.39 is 23.3 Å². The second kappa shape index (κ2) is 14.5. The van der Waals surface area contributed by atoms with Gasteiger partial charge in [0.2, 0.25) is 11.6 Å². The standard InChI is InChI=1S/C33H38F4O3/c1-3-5-19-38-25-13-11-24(12-14-25)27-16-15-26(30(34)31(27)35)23-9-7-22(8-10-23)21-40-29-18-17-28(32(36)33(29)37)39-20-6-4-2/h7-10,15-18,24-25H,3-6,11-14,19-21H2,1-2H3. The summed E-state index contributed by atoms with van der Waals surface area (Å²) in [4.78, 5) is 0. The van der Waals surface area contributed by atoms with Crippen molar-refractivity contribution in [1.82, 2.24) is 0 Å². The number of unbranched alkanes of at least 4 members (excludes halogenated alkanes) is 2. The number of rotatable bonds is 13. The van der Waals surface area contributed by atoms with Gasteiger partial charge in [-0.25, -0.2) is 8.78 Å². The second-order valence-corrected chi connectivity index (χ2v) is 10.4. The van der Waals surface area contributed by atoms with Crippen LogP contribution in [0.2, 0.25) is 0 Å². The molecule has 7 heteroatoms. The molecule has 0 heterocycles. The SMILES string of the molecule is CCCCOc1ccc(OCc2ccc(-c3ccc(C4CCC(OCCCC)CC4)c(F)c3F)cc2)c(F)c1F. The fourth-order valence-corrected chi connectivity index (χ4v) is 5.04. The summed E-state index contributed by atoms with van der Waals surface area (Å²) >= 11 is 0. The second-order valence-electron chi connectivity index (χ2n) is 10.4. The fourth-order valence-electron chi connectivity index (χ4n) is 5.04. The van der Waals surface area contributed by atoms with Gasteiger partial charge in [-0.3, -0.25) is 0 Å². The Kier molecular flexibility index (Phi) is 10.9. The van der Waals surface area contributed by atoms with Gasteiger partial charge in [0.25, 0.3) is 0 Å². The minimum atomic E-state index is -1.11. The fraction of sp³-hybridized carbons (Fsp3) is 0.455. The third kappa shape index (κ3) is 7.36. The van der Waals surface area contributed by atoms with Gasteiger partial charge in [0.1, 0.15) is 6.61 Å². The Morgan fingerprint density at radius 2 is 1.27 bits per heavy atom. The number of benzene rings is 3. The van der Waals surface area contributed by atoms with E-state index in [-0.39, 0.29) is 35.7 Å². The number of halogens is 4. The normalized spacial score (nSPS) is 17.1. The molecule has 4 rings (SSSR count). The van der Waals surface area contributed by atoms with Crippen molar-refractivity contribution < 1.29 is 31.8 Å². The minimum Gasteiger partial charge on any atom is -0.490 e. The Balaban J connectivity index is 1.36. The molecule has 3 aromatic rings. The molecule has 1 aliphatic carbocycles. The third-order valence-electron chi connectivity index (χ3n) is 7.50. The first kappa shape index (κ1) is 29.9. The van der Waals surface area contributed by atoms with Crippen LogP contribution in [0.25, 0.3) is 11.1 Å². The van der Waals surface area contributed by atoms with Crippen LogP contribution in [0.4, 0.5) is 17.6 Å². The maximum absolute atomic E-state index is 15.2. The van der Waals surface area contributed by atoms with Crippen LogP contribution in [0.5, 0.6) is 11.5 Å². The van der Waals surface area contributed by atoms with Gasteiger partial charge >= 0.3 is 0 Å². The van der Waals surface area contributed by atoms with Crippen LogP contribution in [0.3, 0.4) is 0 Å². The van der Waals surface area contributed by atoms with Crippen LogP contribution in [0.1, 0.15) is 82.3 Å². The Labute approximate surface area is 234 Å². The van der Waals surface area contributed by atoms with Gasteiger partial charge in [0.05, 0.1) is 12.7 Å². The quantitative estimate of drug-likeness (QED) is 0.154. The smallest absolute Gasteiger partial charge is 0.204 e. The molecular formula is C33H38F4O3. The molecule has 0 amide bonds. The lowest BCUT2D eigenvalue weighted by molar-refractivity contribution is 0.0230. The van der Waals surface area contributed by atoms with E-state index in [2.05, 4.69) is 6.92 Å². The van der Waals surface area contributed by atoms with Gasteiger partial charge in [-0.05, 0) is 73.3 Å². The Hall–Kier alpha value is -3.06. The molecule has 216 valence electrons. The highest BCUT2D eigenvalue weighted by Gasteiger charge is 2.27. The lowest BCUT2D eigenvalue weighted by Gasteiger charge is -2.29. The molecule has 0 radical (unpaired) electrons. The Morgan fingerprint density at radius 3 is 1.93 bits per heavy atom. The van der Waals surface area contributed by atoms with E-state index in [1.807, 2.05) is 6.92 Å². The summed E-state index contributed by atoms with van der Waals surface area (Å²) in [5.74, 6) is -4.24. The topological polar surface area (TPSA) is 27.7 Å². The van der Waals surface area contributed by atoms with Crippen molar-refractivity contribution in [2.24, 2.45) is 0 Å². The molecular weight excluding hydrogens is 520 g/mol. The summed E-state index contributed by atoms with van der Waals surface area (Å²) < 4.78 is 75.7. The van der Waals surface area contributed by atoms with E-state index in [1.54, 1.807) is 36.4 Å². The molecule has 0 unspecified atom stereocenters.